The normalized spacial score (nSPS) is 10.0. The van der Waals surface area contributed by atoms with Crippen LogP contribution in [0.15, 0.2) is 48.5 Å². The van der Waals surface area contributed by atoms with Gasteiger partial charge in [0, 0.05) is 12.2 Å². The Hall–Kier alpha value is -2.49. The Kier molecular flexibility index (Phi) is 5.21. The molecule has 2 rings (SSSR count). The number of benzene rings is 2. The van der Waals surface area contributed by atoms with Gasteiger partial charge >= 0.3 is 0 Å². The SMILES string of the molecule is COc1ccc(NCC(=O)NCc2ccccc2)cc1C. The van der Waals surface area contributed by atoms with Gasteiger partial charge in [-0.2, -0.15) is 0 Å². The molecule has 2 N–H and O–H groups in total. The zero-order chi connectivity index (χ0) is 15.1. The predicted octanol–water partition coefficient (Wildman–Crippen LogP) is 2.73. The summed E-state index contributed by atoms with van der Waals surface area (Å²) in [6, 6.07) is 15.6. The number of anilines is 1. The number of aryl methyl sites for hydroxylation is 1. The Morgan fingerprint density at radius 1 is 1.14 bits per heavy atom. The number of ether oxygens (including phenoxy) is 1. The molecule has 0 fully saturated rings. The van der Waals surface area contributed by atoms with E-state index < -0.39 is 0 Å². The molecule has 0 aromatic heterocycles. The number of nitrogens with one attached hydrogen (secondary N) is 2. The number of rotatable bonds is 6. The van der Waals surface area contributed by atoms with Crippen LogP contribution in [0.4, 0.5) is 5.69 Å². The van der Waals surface area contributed by atoms with E-state index in [9.17, 15) is 4.79 Å². The van der Waals surface area contributed by atoms with E-state index >= 15 is 0 Å². The van der Waals surface area contributed by atoms with Gasteiger partial charge in [0.05, 0.1) is 13.7 Å². The third kappa shape index (κ3) is 4.53. The smallest absolute Gasteiger partial charge is 0.239 e. The molecule has 0 saturated carbocycles. The highest BCUT2D eigenvalue weighted by molar-refractivity contribution is 5.80. The van der Waals surface area contributed by atoms with Gasteiger partial charge in [-0.05, 0) is 36.2 Å². The Balaban J connectivity index is 1.80. The lowest BCUT2D eigenvalue weighted by molar-refractivity contribution is -0.119. The van der Waals surface area contributed by atoms with Gasteiger partial charge in [0.25, 0.3) is 0 Å². The molecule has 0 aliphatic heterocycles. The first kappa shape index (κ1) is 14.9. The van der Waals surface area contributed by atoms with Crippen LogP contribution in [0.25, 0.3) is 0 Å². The van der Waals surface area contributed by atoms with Gasteiger partial charge in [-0.1, -0.05) is 30.3 Å². The molecule has 0 saturated heterocycles. The summed E-state index contributed by atoms with van der Waals surface area (Å²) in [6.45, 7) is 2.76. The van der Waals surface area contributed by atoms with Crippen molar-refractivity contribution in [2.24, 2.45) is 0 Å². The molecule has 0 aliphatic rings. The van der Waals surface area contributed by atoms with Crippen molar-refractivity contribution in [1.29, 1.82) is 0 Å². The average Bonchev–Trinajstić information content (AvgIpc) is 2.52. The van der Waals surface area contributed by atoms with Crippen LogP contribution < -0.4 is 15.4 Å². The fourth-order valence-electron chi connectivity index (χ4n) is 2.03. The summed E-state index contributed by atoms with van der Waals surface area (Å²) in [5, 5.41) is 5.99. The quantitative estimate of drug-likeness (QED) is 0.857. The maximum atomic E-state index is 11.8. The van der Waals surface area contributed by atoms with Crippen molar-refractivity contribution in [3.05, 3.63) is 59.7 Å². The third-order valence-electron chi connectivity index (χ3n) is 3.18. The Morgan fingerprint density at radius 3 is 2.57 bits per heavy atom. The molecule has 21 heavy (non-hydrogen) atoms. The zero-order valence-corrected chi connectivity index (χ0v) is 12.3. The van der Waals surface area contributed by atoms with Crippen LogP contribution >= 0.6 is 0 Å². The Bertz CT molecular complexity index is 597. The summed E-state index contributed by atoms with van der Waals surface area (Å²) in [4.78, 5) is 11.8. The molecule has 0 radical (unpaired) electrons. The first-order valence-corrected chi connectivity index (χ1v) is 6.88. The van der Waals surface area contributed by atoms with Crippen molar-refractivity contribution in [3.8, 4) is 5.75 Å². The molecule has 0 bridgehead atoms. The molecular formula is C17H20N2O2. The summed E-state index contributed by atoms with van der Waals surface area (Å²) in [5.41, 5.74) is 3.03. The molecule has 0 spiro atoms. The maximum absolute atomic E-state index is 11.8. The molecule has 0 heterocycles. The fraction of sp³-hybridized carbons (Fsp3) is 0.235. The van der Waals surface area contributed by atoms with Gasteiger partial charge in [-0.3, -0.25) is 4.79 Å². The molecule has 0 unspecified atom stereocenters. The molecule has 0 aliphatic carbocycles. The number of methoxy groups -OCH3 is 1. The Morgan fingerprint density at radius 2 is 1.90 bits per heavy atom. The van der Waals surface area contributed by atoms with Crippen molar-refractivity contribution >= 4 is 11.6 Å². The van der Waals surface area contributed by atoms with Gasteiger partial charge in [-0.25, -0.2) is 0 Å². The van der Waals surface area contributed by atoms with Crippen LogP contribution in [-0.2, 0) is 11.3 Å². The van der Waals surface area contributed by atoms with Gasteiger partial charge in [0.1, 0.15) is 5.75 Å². The predicted molar refractivity (Wildman–Crippen MR) is 84.5 cm³/mol. The third-order valence-corrected chi connectivity index (χ3v) is 3.18. The minimum absolute atomic E-state index is 0.0349. The second-order valence-corrected chi connectivity index (χ2v) is 4.80. The molecule has 1 amide bonds. The largest absolute Gasteiger partial charge is 0.496 e. The lowest BCUT2D eigenvalue weighted by Crippen LogP contribution is -2.29. The van der Waals surface area contributed by atoms with Gasteiger partial charge < -0.3 is 15.4 Å². The number of amides is 1. The molecule has 4 heteroatoms. The lowest BCUT2D eigenvalue weighted by Gasteiger charge is -2.10. The summed E-state index contributed by atoms with van der Waals surface area (Å²) in [5.74, 6) is 0.807. The topological polar surface area (TPSA) is 50.4 Å². The van der Waals surface area contributed by atoms with E-state index in [1.807, 2.05) is 55.5 Å². The molecule has 2 aromatic rings. The number of carbonyl (C=O) groups excluding carboxylic acids is 1. The number of hydrogen-bond acceptors (Lipinski definition) is 3. The van der Waals surface area contributed by atoms with Crippen LogP contribution in [-0.4, -0.2) is 19.6 Å². The molecule has 4 nitrogen and oxygen atoms in total. The van der Waals surface area contributed by atoms with E-state index in [0.717, 1.165) is 22.6 Å². The van der Waals surface area contributed by atoms with Crippen LogP contribution in [0.1, 0.15) is 11.1 Å². The first-order chi connectivity index (χ1) is 10.2. The van der Waals surface area contributed by atoms with Crippen LogP contribution in [0.5, 0.6) is 5.75 Å². The van der Waals surface area contributed by atoms with Gasteiger partial charge in [0.2, 0.25) is 5.91 Å². The van der Waals surface area contributed by atoms with E-state index in [4.69, 9.17) is 4.74 Å². The standard InChI is InChI=1S/C17H20N2O2/c1-13-10-15(8-9-16(13)21-2)18-12-17(20)19-11-14-6-4-3-5-7-14/h3-10,18H,11-12H2,1-2H3,(H,19,20). The lowest BCUT2D eigenvalue weighted by atomic mass is 10.2. The van der Waals surface area contributed by atoms with Crippen LogP contribution in [0, 0.1) is 6.92 Å². The summed E-state index contributed by atoms with van der Waals surface area (Å²) >= 11 is 0. The highest BCUT2D eigenvalue weighted by Gasteiger charge is 2.03. The maximum Gasteiger partial charge on any atom is 0.239 e. The molecule has 110 valence electrons. The van der Waals surface area contributed by atoms with Crippen LogP contribution in [0.2, 0.25) is 0 Å². The van der Waals surface area contributed by atoms with E-state index in [2.05, 4.69) is 10.6 Å². The highest BCUT2D eigenvalue weighted by Crippen LogP contribution is 2.21. The van der Waals surface area contributed by atoms with Crippen molar-refractivity contribution in [3.63, 3.8) is 0 Å². The Labute approximate surface area is 125 Å². The van der Waals surface area contributed by atoms with Gasteiger partial charge in [-0.15, -0.1) is 0 Å². The average molecular weight is 284 g/mol. The second-order valence-electron chi connectivity index (χ2n) is 4.80. The van der Waals surface area contributed by atoms with E-state index in [-0.39, 0.29) is 12.5 Å². The minimum atomic E-state index is -0.0349. The van der Waals surface area contributed by atoms with E-state index in [0.29, 0.717) is 6.54 Å². The van der Waals surface area contributed by atoms with E-state index in [1.165, 1.54) is 0 Å². The van der Waals surface area contributed by atoms with Crippen molar-refractivity contribution in [1.82, 2.24) is 5.32 Å². The zero-order valence-electron chi connectivity index (χ0n) is 12.3. The first-order valence-electron chi connectivity index (χ1n) is 6.88. The van der Waals surface area contributed by atoms with Crippen molar-refractivity contribution < 1.29 is 9.53 Å². The summed E-state index contributed by atoms with van der Waals surface area (Å²) in [7, 11) is 1.65. The second kappa shape index (κ2) is 7.33. The fourth-order valence-corrected chi connectivity index (χ4v) is 2.03. The van der Waals surface area contributed by atoms with Crippen molar-refractivity contribution in [2.45, 2.75) is 13.5 Å². The molecule has 0 atom stereocenters. The monoisotopic (exact) mass is 284 g/mol. The van der Waals surface area contributed by atoms with Gasteiger partial charge in [0.15, 0.2) is 0 Å². The van der Waals surface area contributed by atoms with Crippen molar-refractivity contribution in [2.75, 3.05) is 19.0 Å². The summed E-state index contributed by atoms with van der Waals surface area (Å²) < 4.78 is 5.21. The minimum Gasteiger partial charge on any atom is -0.496 e. The highest BCUT2D eigenvalue weighted by atomic mass is 16.5. The summed E-state index contributed by atoms with van der Waals surface area (Å²) in [6.07, 6.45) is 0. The number of carbonyl (C=O) groups is 1. The molecule has 2 aromatic carbocycles. The number of hydrogen-bond donors (Lipinski definition) is 2. The molecular weight excluding hydrogens is 264 g/mol. The van der Waals surface area contributed by atoms with E-state index in [1.54, 1.807) is 7.11 Å². The van der Waals surface area contributed by atoms with Crippen LogP contribution in [0.3, 0.4) is 0 Å².